The molecule has 0 unspecified atom stereocenters. The summed E-state index contributed by atoms with van der Waals surface area (Å²) in [6.07, 6.45) is 1.63. The predicted molar refractivity (Wildman–Crippen MR) is 71.0 cm³/mol. The summed E-state index contributed by atoms with van der Waals surface area (Å²) in [4.78, 5) is 7.33. The van der Waals surface area contributed by atoms with Crippen LogP contribution < -0.4 is 5.73 Å². The summed E-state index contributed by atoms with van der Waals surface area (Å²) >= 11 is 0. The zero-order chi connectivity index (χ0) is 12.7. The first-order chi connectivity index (χ1) is 8.66. The number of aromatic nitrogens is 4. The second-order valence-electron chi connectivity index (χ2n) is 4.32. The van der Waals surface area contributed by atoms with Gasteiger partial charge < -0.3 is 10.7 Å². The highest BCUT2D eigenvalue weighted by molar-refractivity contribution is 5.92. The highest BCUT2D eigenvalue weighted by atomic mass is 15.2. The van der Waals surface area contributed by atoms with E-state index in [0.29, 0.717) is 5.69 Å². The van der Waals surface area contributed by atoms with Crippen LogP contribution in [0.2, 0.25) is 0 Å². The molecule has 0 radical (unpaired) electrons. The molecule has 3 N–H and O–H groups in total. The van der Waals surface area contributed by atoms with Crippen LogP contribution in [0.3, 0.4) is 0 Å². The summed E-state index contributed by atoms with van der Waals surface area (Å²) in [5.74, 6) is 0.184. The molecule has 2 aromatic heterocycles. The molecular formula is C13H13N5. The van der Waals surface area contributed by atoms with Gasteiger partial charge in [0, 0.05) is 10.9 Å². The van der Waals surface area contributed by atoms with Crippen molar-refractivity contribution in [1.82, 2.24) is 20.2 Å². The van der Waals surface area contributed by atoms with Crippen molar-refractivity contribution >= 4 is 16.9 Å². The molecule has 0 aliphatic heterocycles. The maximum atomic E-state index is 5.45. The minimum Gasteiger partial charge on any atom is -0.366 e. The van der Waals surface area contributed by atoms with Gasteiger partial charge in [-0.15, -0.1) is 10.2 Å². The molecular weight excluding hydrogens is 226 g/mol. The van der Waals surface area contributed by atoms with Gasteiger partial charge in [0.25, 0.3) is 0 Å². The molecule has 0 saturated carbocycles. The Kier molecular flexibility index (Phi) is 2.26. The summed E-state index contributed by atoms with van der Waals surface area (Å²) in [7, 11) is 0. The Bertz CT molecular complexity index is 712. The van der Waals surface area contributed by atoms with E-state index in [1.54, 1.807) is 6.20 Å². The van der Waals surface area contributed by atoms with Gasteiger partial charge >= 0.3 is 0 Å². The molecule has 0 saturated heterocycles. The minimum absolute atomic E-state index is 0.184. The number of rotatable bonds is 1. The monoisotopic (exact) mass is 239 g/mol. The average Bonchev–Trinajstić information content (AvgIpc) is 2.69. The van der Waals surface area contributed by atoms with Crippen molar-refractivity contribution in [3.05, 3.63) is 35.5 Å². The number of hydrogen-bond acceptors (Lipinski definition) is 4. The van der Waals surface area contributed by atoms with Crippen molar-refractivity contribution in [2.24, 2.45) is 0 Å². The summed E-state index contributed by atoms with van der Waals surface area (Å²) < 4.78 is 0. The zero-order valence-corrected chi connectivity index (χ0v) is 10.2. The van der Waals surface area contributed by atoms with Gasteiger partial charge in [-0.3, -0.25) is 0 Å². The van der Waals surface area contributed by atoms with E-state index < -0.39 is 0 Å². The lowest BCUT2D eigenvalue weighted by atomic mass is 10.1. The molecule has 0 amide bonds. The highest BCUT2D eigenvalue weighted by Crippen LogP contribution is 2.29. The second kappa shape index (κ2) is 3.80. The van der Waals surface area contributed by atoms with Gasteiger partial charge in [0.2, 0.25) is 5.95 Å². The fourth-order valence-electron chi connectivity index (χ4n) is 2.28. The third-order valence-corrected chi connectivity index (χ3v) is 3.12. The first kappa shape index (κ1) is 10.7. The molecule has 0 atom stereocenters. The van der Waals surface area contributed by atoms with Crippen LogP contribution in [0.1, 0.15) is 11.1 Å². The van der Waals surface area contributed by atoms with E-state index in [1.807, 2.05) is 6.07 Å². The van der Waals surface area contributed by atoms with Crippen LogP contribution in [0.25, 0.3) is 22.3 Å². The second-order valence-corrected chi connectivity index (χ2v) is 4.32. The molecule has 0 bridgehead atoms. The van der Waals surface area contributed by atoms with Crippen LogP contribution in [-0.2, 0) is 0 Å². The molecule has 3 aromatic rings. The molecule has 18 heavy (non-hydrogen) atoms. The number of benzene rings is 1. The number of aromatic amines is 1. The Hall–Kier alpha value is -2.43. The van der Waals surface area contributed by atoms with E-state index in [-0.39, 0.29) is 5.95 Å². The normalized spacial score (nSPS) is 11.0. The molecule has 0 aliphatic rings. The number of nitrogens with one attached hydrogen (secondary N) is 1. The van der Waals surface area contributed by atoms with Crippen LogP contribution in [0.4, 0.5) is 5.95 Å². The summed E-state index contributed by atoms with van der Waals surface area (Å²) in [6.45, 7) is 4.17. The lowest BCUT2D eigenvalue weighted by molar-refractivity contribution is 0.987. The Labute approximate surface area is 104 Å². The van der Waals surface area contributed by atoms with Crippen LogP contribution in [0, 0.1) is 13.8 Å². The Morgan fingerprint density at radius 2 is 2.00 bits per heavy atom. The highest BCUT2D eigenvalue weighted by Gasteiger charge is 2.12. The van der Waals surface area contributed by atoms with Gasteiger partial charge in [-0.2, -0.15) is 0 Å². The van der Waals surface area contributed by atoms with E-state index in [0.717, 1.165) is 16.8 Å². The number of anilines is 1. The molecule has 1 aromatic carbocycles. The maximum absolute atomic E-state index is 5.45. The van der Waals surface area contributed by atoms with Gasteiger partial charge in [-0.25, -0.2) is 4.98 Å². The molecule has 5 heteroatoms. The molecule has 5 nitrogen and oxygen atoms in total. The van der Waals surface area contributed by atoms with Crippen molar-refractivity contribution < 1.29 is 0 Å². The number of fused-ring (bicyclic) bond motifs is 1. The van der Waals surface area contributed by atoms with E-state index in [9.17, 15) is 0 Å². The third-order valence-electron chi connectivity index (χ3n) is 3.12. The van der Waals surface area contributed by atoms with E-state index in [2.05, 4.69) is 46.1 Å². The van der Waals surface area contributed by atoms with Gasteiger partial charge in [0.15, 0.2) is 0 Å². The largest absolute Gasteiger partial charge is 0.366 e. The lowest BCUT2D eigenvalue weighted by Gasteiger charge is -1.99. The first-order valence-electron chi connectivity index (χ1n) is 5.70. The van der Waals surface area contributed by atoms with Crippen molar-refractivity contribution in [2.75, 3.05) is 5.73 Å². The van der Waals surface area contributed by atoms with Crippen LogP contribution in [-0.4, -0.2) is 20.2 Å². The summed E-state index contributed by atoms with van der Waals surface area (Å²) in [5, 5.41) is 9.08. The molecule has 90 valence electrons. The van der Waals surface area contributed by atoms with Gasteiger partial charge in [-0.05, 0) is 31.0 Å². The predicted octanol–water partition coefficient (Wildman–Crippen LogP) is 2.22. The summed E-state index contributed by atoms with van der Waals surface area (Å²) in [5.41, 5.74) is 10.6. The Balaban J connectivity index is 2.27. The van der Waals surface area contributed by atoms with Crippen molar-refractivity contribution in [3.63, 3.8) is 0 Å². The molecule has 0 spiro atoms. The molecule has 0 fully saturated rings. The number of hydrogen-bond donors (Lipinski definition) is 2. The van der Waals surface area contributed by atoms with Gasteiger partial charge in [-0.1, -0.05) is 12.1 Å². The number of nitrogen functional groups attached to an aromatic ring is 1. The van der Waals surface area contributed by atoms with E-state index in [4.69, 9.17) is 5.73 Å². The number of aryl methyl sites for hydroxylation is 2. The quantitative estimate of drug-likeness (QED) is 0.682. The smallest absolute Gasteiger partial charge is 0.240 e. The topological polar surface area (TPSA) is 80.5 Å². The van der Waals surface area contributed by atoms with Crippen molar-refractivity contribution in [1.29, 1.82) is 0 Å². The fraction of sp³-hybridized carbons (Fsp3) is 0.154. The van der Waals surface area contributed by atoms with Crippen LogP contribution in [0.5, 0.6) is 0 Å². The zero-order valence-electron chi connectivity index (χ0n) is 10.2. The van der Waals surface area contributed by atoms with E-state index in [1.165, 1.54) is 10.9 Å². The first-order valence-corrected chi connectivity index (χ1v) is 5.70. The molecule has 0 aliphatic carbocycles. The molecule has 3 rings (SSSR count). The number of nitrogens with zero attached hydrogens (tertiary/aromatic N) is 3. The van der Waals surface area contributed by atoms with E-state index >= 15 is 0 Å². The Morgan fingerprint density at radius 1 is 1.17 bits per heavy atom. The summed E-state index contributed by atoms with van der Waals surface area (Å²) in [6, 6.07) is 6.18. The van der Waals surface area contributed by atoms with Gasteiger partial charge in [0.05, 0.1) is 11.9 Å². The van der Waals surface area contributed by atoms with Crippen molar-refractivity contribution in [3.8, 4) is 11.4 Å². The van der Waals surface area contributed by atoms with Crippen LogP contribution in [0.15, 0.2) is 24.4 Å². The minimum atomic E-state index is 0.184. The third kappa shape index (κ3) is 1.52. The maximum Gasteiger partial charge on any atom is 0.240 e. The van der Waals surface area contributed by atoms with Gasteiger partial charge in [0.1, 0.15) is 5.69 Å². The van der Waals surface area contributed by atoms with Crippen LogP contribution >= 0.6 is 0 Å². The SMILES string of the molecule is Cc1cccc2[nH]c(-c3cnc(N)nn3)c(C)c12. The lowest BCUT2D eigenvalue weighted by Crippen LogP contribution is -1.98. The number of nitrogens with two attached hydrogens (primary N) is 1. The van der Waals surface area contributed by atoms with Crippen molar-refractivity contribution in [2.45, 2.75) is 13.8 Å². The Morgan fingerprint density at radius 3 is 2.67 bits per heavy atom. The number of H-pyrrole nitrogens is 1. The fourth-order valence-corrected chi connectivity index (χ4v) is 2.28. The standard InChI is InChI=1S/C13H13N5/c1-7-4-3-5-9-11(7)8(2)12(16-9)10-6-15-13(14)18-17-10/h3-6,16H,1-2H3,(H2,14,15,18). The average molecular weight is 239 g/mol. The molecule has 2 heterocycles.